The molecule has 0 saturated carbocycles. The Morgan fingerprint density at radius 1 is 1.15 bits per heavy atom. The van der Waals surface area contributed by atoms with E-state index in [1.54, 1.807) is 0 Å². The van der Waals surface area contributed by atoms with Crippen molar-refractivity contribution in [1.82, 2.24) is 0 Å². The summed E-state index contributed by atoms with van der Waals surface area (Å²) < 4.78 is 2.13. The summed E-state index contributed by atoms with van der Waals surface area (Å²) in [5, 5.41) is 0. The van der Waals surface area contributed by atoms with Gasteiger partial charge in [0.2, 0.25) is 0 Å². The third-order valence-corrected chi connectivity index (χ3v) is 2.84. The van der Waals surface area contributed by atoms with Crippen LogP contribution in [0.1, 0.15) is 5.56 Å². The molecule has 0 radical (unpaired) electrons. The SMILES string of the molecule is [CH-]=O.[CH3-].[CH3-].[Cl]/[OsH]=[CH]/c1ccccc1. The van der Waals surface area contributed by atoms with Gasteiger partial charge in [-0.1, -0.05) is 0 Å². The standard InChI is InChI=1S/C7H6.CHO.2CH3.ClH.Os.H/c1-7-5-3-2-4-6-7;1-2;;;;;/h1-6H;1H;2*1H3;1H;;/q;3*-1;;+1;/p-1. The van der Waals surface area contributed by atoms with Crippen molar-refractivity contribution in [3.8, 4) is 0 Å². The topological polar surface area (TPSA) is 17.1 Å². The molecular weight excluding hydrogens is 362 g/mol. The van der Waals surface area contributed by atoms with Crippen LogP contribution in [0, 0.1) is 14.9 Å². The molecule has 1 rings (SSSR count). The quantitative estimate of drug-likeness (QED) is 0.544. The van der Waals surface area contributed by atoms with Gasteiger partial charge in [0.15, 0.2) is 0 Å². The zero-order valence-electron chi connectivity index (χ0n) is 7.71. The van der Waals surface area contributed by atoms with Crippen molar-refractivity contribution in [2.45, 2.75) is 0 Å². The third kappa shape index (κ3) is 9.60. The van der Waals surface area contributed by atoms with Crippen LogP contribution in [0.3, 0.4) is 0 Å². The molecule has 13 heavy (non-hydrogen) atoms. The predicted octanol–water partition coefficient (Wildman–Crippen LogP) is 2.43. The second-order valence-electron chi connectivity index (χ2n) is 1.60. The van der Waals surface area contributed by atoms with Crippen molar-refractivity contribution in [2.75, 3.05) is 0 Å². The summed E-state index contributed by atoms with van der Waals surface area (Å²) in [5.74, 6) is 0. The zero-order valence-corrected chi connectivity index (χ0v) is 11.2. The van der Waals surface area contributed by atoms with Gasteiger partial charge < -0.3 is 19.6 Å². The van der Waals surface area contributed by atoms with Gasteiger partial charge in [-0.25, -0.2) is 0 Å². The van der Waals surface area contributed by atoms with Gasteiger partial charge in [-0.3, -0.25) is 6.79 Å². The summed E-state index contributed by atoms with van der Waals surface area (Å²) in [5.41, 5.74) is 1.26. The summed E-state index contributed by atoms with van der Waals surface area (Å²) >= 11 is -0.540. The number of carbonyl (C=O) groups excluding carboxylic acids is 1. The summed E-state index contributed by atoms with van der Waals surface area (Å²) in [7, 11) is 5.63. The summed E-state index contributed by atoms with van der Waals surface area (Å²) in [6.07, 6.45) is 0. The molecule has 1 aromatic rings. The van der Waals surface area contributed by atoms with Gasteiger partial charge in [-0.2, -0.15) is 0 Å². The molecule has 0 bridgehead atoms. The van der Waals surface area contributed by atoms with Crippen LogP contribution in [-0.2, 0) is 20.7 Å². The van der Waals surface area contributed by atoms with E-state index in [4.69, 9.17) is 14.4 Å². The molecule has 1 aromatic carbocycles. The molecule has 0 unspecified atom stereocenters. The van der Waals surface area contributed by atoms with Crippen molar-refractivity contribution in [3.05, 3.63) is 50.7 Å². The molecule has 0 atom stereocenters. The number of benzene rings is 1. The van der Waals surface area contributed by atoms with Crippen LogP contribution in [0.25, 0.3) is 0 Å². The molecule has 0 saturated heterocycles. The molecule has 3 heteroatoms. The van der Waals surface area contributed by atoms with E-state index in [1.807, 2.05) is 18.2 Å². The van der Waals surface area contributed by atoms with Crippen molar-refractivity contribution >= 4 is 21.0 Å². The number of hydrogen-bond acceptors (Lipinski definition) is 1. The van der Waals surface area contributed by atoms with Gasteiger partial charge in [0, 0.05) is 0 Å². The van der Waals surface area contributed by atoms with Gasteiger partial charge in [0.25, 0.3) is 0 Å². The van der Waals surface area contributed by atoms with E-state index in [2.05, 4.69) is 23.5 Å². The summed E-state index contributed by atoms with van der Waals surface area (Å²) in [4.78, 5) is 7.75. The molecule has 1 nitrogen and oxygen atoms in total. The first-order chi connectivity index (χ1) is 5.43. The molecule has 0 heterocycles. The Hall–Kier alpha value is -0.314. The van der Waals surface area contributed by atoms with Crippen LogP contribution >= 0.6 is 9.64 Å². The molecule has 0 aliphatic carbocycles. The second kappa shape index (κ2) is 14.2. The fraction of sp³-hybridized carbons (Fsp3) is 0. The first kappa shape index (κ1) is 18.5. The van der Waals surface area contributed by atoms with E-state index in [1.165, 1.54) is 5.56 Å². The van der Waals surface area contributed by atoms with E-state index >= 15 is 0 Å². The van der Waals surface area contributed by atoms with Gasteiger partial charge in [-0.15, -0.1) is 0 Å². The Morgan fingerprint density at radius 3 is 2.00 bits per heavy atom. The Labute approximate surface area is 92.4 Å². The fourth-order valence-corrected chi connectivity index (χ4v) is 2.22. The van der Waals surface area contributed by atoms with E-state index in [0.29, 0.717) is 0 Å². The van der Waals surface area contributed by atoms with Crippen LogP contribution in [0.4, 0.5) is 0 Å². The van der Waals surface area contributed by atoms with Crippen LogP contribution in [-0.4, -0.2) is 11.4 Å². The average Bonchev–Trinajstić information content (AvgIpc) is 2.11. The predicted molar refractivity (Wildman–Crippen MR) is 58.4 cm³/mol. The Bertz CT molecular complexity index is 211. The van der Waals surface area contributed by atoms with Crippen LogP contribution in [0.2, 0.25) is 0 Å². The minimum absolute atomic E-state index is 0. The van der Waals surface area contributed by atoms with Crippen molar-refractivity contribution < 1.29 is 20.7 Å². The molecule has 0 amide bonds. The summed E-state index contributed by atoms with van der Waals surface area (Å²) in [6, 6.07) is 10.2. The summed E-state index contributed by atoms with van der Waals surface area (Å²) in [6.45, 7) is 3.25. The maximum atomic E-state index is 7.75. The van der Waals surface area contributed by atoms with E-state index in [-0.39, 0.29) is 14.9 Å². The number of hydrogen-bond donors (Lipinski definition) is 0. The number of rotatable bonds is 1. The van der Waals surface area contributed by atoms with Gasteiger partial charge in [-0.05, 0) is 0 Å². The van der Waals surface area contributed by atoms with Crippen molar-refractivity contribution in [1.29, 1.82) is 0 Å². The first-order valence-corrected chi connectivity index (χ1v) is 7.73. The number of halogens is 1. The second-order valence-corrected chi connectivity index (χ2v) is 4.33. The third-order valence-electron chi connectivity index (χ3n) is 0.967. The normalized spacial score (nSPS) is 8.69. The molecule has 0 N–H and O–H groups in total. The molecular formula is C10H14ClOOs-3. The fourth-order valence-electron chi connectivity index (χ4n) is 0.573. The van der Waals surface area contributed by atoms with Crippen molar-refractivity contribution in [2.24, 2.45) is 0 Å². The van der Waals surface area contributed by atoms with Crippen LogP contribution < -0.4 is 0 Å². The molecule has 78 valence electrons. The molecule has 0 fully saturated rings. The van der Waals surface area contributed by atoms with E-state index < -0.39 is 16.0 Å². The van der Waals surface area contributed by atoms with Gasteiger partial charge in [0.1, 0.15) is 0 Å². The van der Waals surface area contributed by atoms with Gasteiger partial charge >= 0.3 is 66.1 Å². The Balaban J connectivity index is -0.000000234. The molecule has 0 aromatic heterocycles. The average molecular weight is 376 g/mol. The van der Waals surface area contributed by atoms with Gasteiger partial charge in [0.05, 0.1) is 0 Å². The molecule has 0 spiro atoms. The zero-order chi connectivity index (χ0) is 8.53. The molecule has 0 aliphatic heterocycles. The van der Waals surface area contributed by atoms with Crippen LogP contribution in [0.5, 0.6) is 0 Å². The Morgan fingerprint density at radius 2 is 1.62 bits per heavy atom. The maximum absolute atomic E-state index is 7.75. The van der Waals surface area contributed by atoms with E-state index in [9.17, 15) is 0 Å². The minimum atomic E-state index is -0.540. The Kier molecular flexibility index (Phi) is 20.2. The van der Waals surface area contributed by atoms with Crippen molar-refractivity contribution in [3.63, 3.8) is 0 Å². The first-order valence-electron chi connectivity index (χ1n) is 2.80. The molecule has 0 aliphatic rings. The monoisotopic (exact) mass is 377 g/mol. The van der Waals surface area contributed by atoms with Crippen LogP contribution in [0.15, 0.2) is 30.3 Å². The van der Waals surface area contributed by atoms with E-state index in [0.717, 1.165) is 0 Å².